The first-order valence-corrected chi connectivity index (χ1v) is 8.37. The monoisotopic (exact) mass is 315 g/mol. The van der Waals surface area contributed by atoms with Gasteiger partial charge < -0.3 is 10.5 Å². The van der Waals surface area contributed by atoms with Crippen molar-refractivity contribution in [2.24, 2.45) is 5.73 Å². The molecule has 0 bridgehead atoms. The number of aromatic nitrogens is 2. The molecule has 3 rings (SSSR count). The van der Waals surface area contributed by atoms with Gasteiger partial charge in [0.15, 0.2) is 4.96 Å². The van der Waals surface area contributed by atoms with Crippen LogP contribution in [0.15, 0.2) is 29.6 Å². The fourth-order valence-corrected chi connectivity index (χ4v) is 3.68. The van der Waals surface area contributed by atoms with Gasteiger partial charge in [-0.2, -0.15) is 0 Å². The topological polar surface area (TPSA) is 52.5 Å². The van der Waals surface area contributed by atoms with Crippen LogP contribution in [0.25, 0.3) is 16.2 Å². The zero-order valence-corrected chi connectivity index (χ0v) is 14.0. The van der Waals surface area contributed by atoms with Gasteiger partial charge in [0.05, 0.1) is 18.5 Å². The minimum atomic E-state index is 0.395. The van der Waals surface area contributed by atoms with Crippen molar-refractivity contribution in [1.29, 1.82) is 0 Å². The Labute approximate surface area is 134 Å². The Bertz CT molecular complexity index is 788. The maximum absolute atomic E-state index is 5.83. The second-order valence-corrected chi connectivity index (χ2v) is 6.44. The molecule has 0 radical (unpaired) electrons. The average molecular weight is 315 g/mol. The van der Waals surface area contributed by atoms with E-state index in [2.05, 4.69) is 35.8 Å². The zero-order valence-electron chi connectivity index (χ0n) is 13.2. The number of thiazole rings is 1. The number of ether oxygens (including phenoxy) is 1. The van der Waals surface area contributed by atoms with E-state index in [4.69, 9.17) is 15.5 Å². The Morgan fingerprint density at radius 2 is 2.18 bits per heavy atom. The summed E-state index contributed by atoms with van der Waals surface area (Å²) in [6, 6.07) is 8.13. The molecule has 1 aromatic carbocycles. The van der Waals surface area contributed by atoms with Crippen molar-refractivity contribution in [2.75, 3.05) is 13.7 Å². The highest BCUT2D eigenvalue weighted by Crippen LogP contribution is 2.32. The first-order chi connectivity index (χ1) is 10.7. The van der Waals surface area contributed by atoms with E-state index in [-0.39, 0.29) is 0 Å². The van der Waals surface area contributed by atoms with Gasteiger partial charge in [0.1, 0.15) is 5.75 Å². The van der Waals surface area contributed by atoms with Crippen LogP contribution in [0.4, 0.5) is 0 Å². The fraction of sp³-hybridized carbons (Fsp3) is 0.353. The Hall–Kier alpha value is -1.85. The number of imidazole rings is 1. The molecule has 0 aliphatic heterocycles. The second-order valence-electron chi connectivity index (χ2n) is 5.61. The molecule has 2 aromatic heterocycles. The summed E-state index contributed by atoms with van der Waals surface area (Å²) in [4.78, 5) is 5.85. The van der Waals surface area contributed by atoms with Crippen molar-refractivity contribution in [1.82, 2.24) is 9.38 Å². The Morgan fingerprint density at radius 3 is 2.86 bits per heavy atom. The molecule has 116 valence electrons. The third kappa shape index (κ3) is 2.51. The van der Waals surface area contributed by atoms with Gasteiger partial charge in [0.25, 0.3) is 0 Å². The van der Waals surface area contributed by atoms with Crippen LogP contribution in [0.2, 0.25) is 0 Å². The SMILES string of the molecule is COc1cccc(-c2csc3nc(C(C)C)c(CCN)n23)c1. The van der Waals surface area contributed by atoms with Gasteiger partial charge in [-0.3, -0.25) is 4.40 Å². The van der Waals surface area contributed by atoms with Crippen LogP contribution in [0.5, 0.6) is 5.75 Å². The molecule has 4 nitrogen and oxygen atoms in total. The summed E-state index contributed by atoms with van der Waals surface area (Å²) in [5.41, 5.74) is 10.5. The number of benzene rings is 1. The van der Waals surface area contributed by atoms with Crippen molar-refractivity contribution in [2.45, 2.75) is 26.2 Å². The van der Waals surface area contributed by atoms with Crippen LogP contribution in [-0.2, 0) is 6.42 Å². The highest BCUT2D eigenvalue weighted by molar-refractivity contribution is 7.15. The van der Waals surface area contributed by atoms with Crippen molar-refractivity contribution < 1.29 is 4.74 Å². The molecule has 0 saturated heterocycles. The second kappa shape index (κ2) is 6.10. The predicted octanol–water partition coefficient (Wildman–Crippen LogP) is 3.70. The lowest BCUT2D eigenvalue weighted by molar-refractivity contribution is 0.415. The number of hydrogen-bond donors (Lipinski definition) is 1. The molecule has 2 N–H and O–H groups in total. The standard InChI is InChI=1S/C17H21N3OS/c1-11(2)16-14(7-8-18)20-15(10-22-17(20)19-16)12-5-4-6-13(9-12)21-3/h4-6,9-11H,7-8,18H2,1-3H3. The predicted molar refractivity (Wildman–Crippen MR) is 91.9 cm³/mol. The summed E-state index contributed by atoms with van der Waals surface area (Å²) >= 11 is 1.67. The smallest absolute Gasteiger partial charge is 0.194 e. The Kier molecular flexibility index (Phi) is 4.18. The molecule has 0 spiro atoms. The quantitative estimate of drug-likeness (QED) is 0.781. The Balaban J connectivity index is 2.21. The number of fused-ring (bicyclic) bond motifs is 1. The molecule has 22 heavy (non-hydrogen) atoms. The van der Waals surface area contributed by atoms with Crippen molar-refractivity contribution in [3.63, 3.8) is 0 Å². The largest absolute Gasteiger partial charge is 0.497 e. The van der Waals surface area contributed by atoms with E-state index in [1.807, 2.05) is 12.1 Å². The third-order valence-electron chi connectivity index (χ3n) is 3.78. The van der Waals surface area contributed by atoms with Gasteiger partial charge in [-0.25, -0.2) is 4.98 Å². The fourth-order valence-electron chi connectivity index (χ4n) is 2.75. The van der Waals surface area contributed by atoms with Crippen LogP contribution >= 0.6 is 11.3 Å². The van der Waals surface area contributed by atoms with E-state index in [0.717, 1.165) is 34.1 Å². The number of rotatable bonds is 5. The van der Waals surface area contributed by atoms with Crippen LogP contribution in [0.1, 0.15) is 31.2 Å². The van der Waals surface area contributed by atoms with Gasteiger partial charge in [-0.1, -0.05) is 26.0 Å². The summed E-state index contributed by atoms with van der Waals surface area (Å²) in [6.45, 7) is 4.98. The van der Waals surface area contributed by atoms with Crippen LogP contribution in [0, 0.1) is 0 Å². The van der Waals surface area contributed by atoms with E-state index < -0.39 is 0 Å². The zero-order chi connectivity index (χ0) is 15.7. The van der Waals surface area contributed by atoms with Gasteiger partial charge in [-0.15, -0.1) is 11.3 Å². The maximum atomic E-state index is 5.83. The van der Waals surface area contributed by atoms with Gasteiger partial charge in [0.2, 0.25) is 0 Å². The van der Waals surface area contributed by atoms with Crippen molar-refractivity contribution in [3.05, 3.63) is 41.0 Å². The molecule has 0 aliphatic rings. The van der Waals surface area contributed by atoms with Crippen LogP contribution in [-0.4, -0.2) is 23.0 Å². The molecule has 0 fully saturated rings. The maximum Gasteiger partial charge on any atom is 0.194 e. The molecular weight excluding hydrogens is 294 g/mol. The van der Waals surface area contributed by atoms with Crippen LogP contribution < -0.4 is 10.5 Å². The minimum Gasteiger partial charge on any atom is -0.497 e. The van der Waals surface area contributed by atoms with E-state index in [1.165, 1.54) is 5.69 Å². The molecule has 0 atom stereocenters. The van der Waals surface area contributed by atoms with Gasteiger partial charge >= 0.3 is 0 Å². The van der Waals surface area contributed by atoms with Gasteiger partial charge in [-0.05, 0) is 24.6 Å². The summed E-state index contributed by atoms with van der Waals surface area (Å²) < 4.78 is 7.60. The summed E-state index contributed by atoms with van der Waals surface area (Å²) in [5, 5.41) is 2.15. The molecule has 0 saturated carbocycles. The molecule has 0 amide bonds. The lowest BCUT2D eigenvalue weighted by Crippen LogP contribution is -2.08. The van der Waals surface area contributed by atoms with Crippen molar-refractivity contribution >= 4 is 16.3 Å². The number of methoxy groups -OCH3 is 1. The number of nitrogens with zero attached hydrogens (tertiary/aromatic N) is 2. The highest BCUT2D eigenvalue weighted by Gasteiger charge is 2.19. The lowest BCUT2D eigenvalue weighted by atomic mass is 10.1. The minimum absolute atomic E-state index is 0.395. The van der Waals surface area contributed by atoms with E-state index in [0.29, 0.717) is 12.5 Å². The number of hydrogen-bond acceptors (Lipinski definition) is 4. The molecule has 0 aliphatic carbocycles. The molecule has 3 aromatic rings. The molecular formula is C17H21N3OS. The number of nitrogens with two attached hydrogens (primary N) is 1. The molecule has 5 heteroatoms. The highest BCUT2D eigenvalue weighted by atomic mass is 32.1. The van der Waals surface area contributed by atoms with Crippen molar-refractivity contribution in [3.8, 4) is 17.0 Å². The van der Waals surface area contributed by atoms with E-state index >= 15 is 0 Å². The lowest BCUT2D eigenvalue weighted by Gasteiger charge is -2.09. The first-order valence-electron chi connectivity index (χ1n) is 7.49. The average Bonchev–Trinajstić information content (AvgIpc) is 3.08. The summed E-state index contributed by atoms with van der Waals surface area (Å²) in [5.74, 6) is 1.26. The van der Waals surface area contributed by atoms with Gasteiger partial charge in [0, 0.05) is 23.1 Å². The normalized spacial score (nSPS) is 11.5. The molecule has 2 heterocycles. The third-order valence-corrected chi connectivity index (χ3v) is 4.61. The molecule has 0 unspecified atom stereocenters. The summed E-state index contributed by atoms with van der Waals surface area (Å²) in [7, 11) is 1.69. The van der Waals surface area contributed by atoms with E-state index in [9.17, 15) is 0 Å². The van der Waals surface area contributed by atoms with Crippen LogP contribution in [0.3, 0.4) is 0 Å². The van der Waals surface area contributed by atoms with E-state index in [1.54, 1.807) is 18.4 Å². The Morgan fingerprint density at radius 1 is 1.36 bits per heavy atom. The summed E-state index contributed by atoms with van der Waals surface area (Å²) in [6.07, 6.45) is 0.836. The first kappa shape index (κ1) is 15.1.